The number of ether oxygens (including phenoxy) is 1. The first-order valence-electron chi connectivity index (χ1n) is 10.7. The molecule has 1 fully saturated rings. The normalized spacial score (nSPS) is 19.3. The van der Waals surface area contributed by atoms with E-state index in [-0.39, 0.29) is 11.8 Å². The lowest BCUT2D eigenvalue weighted by molar-refractivity contribution is -0.131. The van der Waals surface area contributed by atoms with Crippen LogP contribution >= 0.6 is 0 Å². The Labute approximate surface area is 178 Å². The van der Waals surface area contributed by atoms with Crippen LogP contribution in [0.2, 0.25) is 0 Å². The number of anilines is 1. The van der Waals surface area contributed by atoms with Crippen LogP contribution in [0.25, 0.3) is 0 Å². The van der Waals surface area contributed by atoms with Crippen LogP contribution in [0.3, 0.4) is 0 Å². The molecular weight excluding hydrogens is 378 g/mol. The third-order valence-corrected chi connectivity index (χ3v) is 6.14. The van der Waals surface area contributed by atoms with Crippen LogP contribution in [0.5, 0.6) is 5.75 Å². The molecule has 0 spiro atoms. The van der Waals surface area contributed by atoms with Gasteiger partial charge in [-0.25, -0.2) is 9.97 Å². The third-order valence-electron chi connectivity index (χ3n) is 6.14. The standard InChI is InChI=1S/C23H31N5O2/c1-24-23-19-9-11-27(2)15-20(19)25-22(26-23)17-7-5-10-28(14-17)21(29)13-16-6-4-8-18(12-16)30-3/h4,6,8,12,17H,5,7,9-11,13-15H2,1-3H3,(H,24,25,26)/t17-/m0/s1. The van der Waals surface area contributed by atoms with Gasteiger partial charge >= 0.3 is 0 Å². The molecular formula is C23H31N5O2. The minimum absolute atomic E-state index is 0.152. The summed E-state index contributed by atoms with van der Waals surface area (Å²) in [6, 6.07) is 7.73. The Hall–Kier alpha value is -2.67. The van der Waals surface area contributed by atoms with E-state index in [1.54, 1.807) is 7.11 Å². The van der Waals surface area contributed by atoms with Gasteiger partial charge in [0.25, 0.3) is 0 Å². The molecule has 2 aliphatic heterocycles. The van der Waals surface area contributed by atoms with Gasteiger partial charge in [-0.3, -0.25) is 4.79 Å². The minimum atomic E-state index is 0.152. The lowest BCUT2D eigenvalue weighted by Crippen LogP contribution is -2.40. The van der Waals surface area contributed by atoms with E-state index >= 15 is 0 Å². The van der Waals surface area contributed by atoms with E-state index in [2.05, 4.69) is 17.3 Å². The second-order valence-electron chi connectivity index (χ2n) is 8.30. The molecule has 0 aliphatic carbocycles. The number of methoxy groups -OCH3 is 1. The molecule has 1 amide bonds. The summed E-state index contributed by atoms with van der Waals surface area (Å²) in [6.07, 6.45) is 3.35. The Morgan fingerprint density at radius 1 is 1.30 bits per heavy atom. The summed E-state index contributed by atoms with van der Waals surface area (Å²) in [5.41, 5.74) is 3.34. The van der Waals surface area contributed by atoms with Crippen molar-refractivity contribution in [3.63, 3.8) is 0 Å². The van der Waals surface area contributed by atoms with Crippen molar-refractivity contribution in [2.75, 3.05) is 46.2 Å². The number of fused-ring (bicyclic) bond motifs is 1. The summed E-state index contributed by atoms with van der Waals surface area (Å²) in [7, 11) is 5.70. The SMILES string of the molecule is CNc1nc([C@H]2CCCN(C(=O)Cc3cccc(OC)c3)C2)nc2c1CCN(C)C2. The van der Waals surface area contributed by atoms with Crippen molar-refractivity contribution in [1.82, 2.24) is 19.8 Å². The Kier molecular flexibility index (Phi) is 6.18. The summed E-state index contributed by atoms with van der Waals surface area (Å²) >= 11 is 0. The molecule has 0 unspecified atom stereocenters. The molecule has 3 heterocycles. The lowest BCUT2D eigenvalue weighted by atomic mass is 9.95. The fourth-order valence-corrected chi connectivity index (χ4v) is 4.45. The highest BCUT2D eigenvalue weighted by atomic mass is 16.5. The Bertz CT molecular complexity index is 916. The number of hydrogen-bond donors (Lipinski definition) is 1. The molecule has 2 aliphatic rings. The van der Waals surface area contributed by atoms with Crippen LogP contribution in [0.1, 0.15) is 41.4 Å². The number of piperidine rings is 1. The van der Waals surface area contributed by atoms with E-state index in [9.17, 15) is 4.79 Å². The second kappa shape index (κ2) is 9.00. The van der Waals surface area contributed by atoms with Crippen LogP contribution < -0.4 is 10.1 Å². The zero-order valence-corrected chi connectivity index (χ0v) is 18.1. The maximum Gasteiger partial charge on any atom is 0.227 e. The van der Waals surface area contributed by atoms with Crippen molar-refractivity contribution in [2.45, 2.75) is 38.1 Å². The van der Waals surface area contributed by atoms with Gasteiger partial charge in [-0.2, -0.15) is 0 Å². The molecule has 30 heavy (non-hydrogen) atoms. The van der Waals surface area contributed by atoms with E-state index in [0.717, 1.165) is 67.5 Å². The molecule has 7 nitrogen and oxygen atoms in total. The molecule has 0 radical (unpaired) electrons. The van der Waals surface area contributed by atoms with Crippen LogP contribution in [-0.4, -0.2) is 66.5 Å². The number of benzene rings is 1. The first kappa shape index (κ1) is 20.6. The van der Waals surface area contributed by atoms with Gasteiger partial charge in [0, 0.05) is 44.7 Å². The van der Waals surface area contributed by atoms with Crippen molar-refractivity contribution in [3.8, 4) is 5.75 Å². The summed E-state index contributed by atoms with van der Waals surface area (Å²) in [5, 5.41) is 3.26. The van der Waals surface area contributed by atoms with Gasteiger partial charge in [-0.05, 0) is 44.0 Å². The first-order valence-corrected chi connectivity index (χ1v) is 10.7. The number of carbonyl (C=O) groups is 1. The van der Waals surface area contributed by atoms with Crippen LogP contribution in [-0.2, 0) is 24.2 Å². The molecule has 0 saturated carbocycles. The number of likely N-dealkylation sites (N-methyl/N-ethyl adjacent to an activating group) is 1. The average molecular weight is 410 g/mol. The van der Waals surface area contributed by atoms with Crippen molar-refractivity contribution >= 4 is 11.7 Å². The van der Waals surface area contributed by atoms with Gasteiger partial charge in [-0.15, -0.1) is 0 Å². The van der Waals surface area contributed by atoms with E-state index < -0.39 is 0 Å². The second-order valence-corrected chi connectivity index (χ2v) is 8.30. The zero-order valence-electron chi connectivity index (χ0n) is 18.1. The number of nitrogens with zero attached hydrogens (tertiary/aromatic N) is 4. The van der Waals surface area contributed by atoms with Gasteiger partial charge in [-0.1, -0.05) is 12.1 Å². The highest BCUT2D eigenvalue weighted by Gasteiger charge is 2.29. The smallest absolute Gasteiger partial charge is 0.227 e. The number of amides is 1. The van der Waals surface area contributed by atoms with Gasteiger partial charge in [0.15, 0.2) is 0 Å². The first-order chi connectivity index (χ1) is 14.6. The largest absolute Gasteiger partial charge is 0.497 e. The molecule has 7 heteroatoms. The number of aromatic nitrogens is 2. The molecule has 1 atom stereocenters. The predicted molar refractivity (Wildman–Crippen MR) is 117 cm³/mol. The average Bonchev–Trinajstić information content (AvgIpc) is 2.78. The fourth-order valence-electron chi connectivity index (χ4n) is 4.45. The number of carbonyl (C=O) groups excluding carboxylic acids is 1. The van der Waals surface area contributed by atoms with Crippen molar-refractivity contribution in [2.24, 2.45) is 0 Å². The summed E-state index contributed by atoms with van der Waals surface area (Å²) in [4.78, 5) is 27.0. The van der Waals surface area contributed by atoms with Crippen molar-refractivity contribution < 1.29 is 9.53 Å². The van der Waals surface area contributed by atoms with Gasteiger partial charge < -0.3 is 19.9 Å². The summed E-state index contributed by atoms with van der Waals surface area (Å²) in [6.45, 7) is 3.36. The van der Waals surface area contributed by atoms with E-state index in [1.807, 2.05) is 36.2 Å². The molecule has 160 valence electrons. The monoisotopic (exact) mass is 409 g/mol. The topological polar surface area (TPSA) is 70.6 Å². The molecule has 1 aromatic heterocycles. The lowest BCUT2D eigenvalue weighted by Gasteiger charge is -2.33. The molecule has 1 N–H and O–H groups in total. The quantitative estimate of drug-likeness (QED) is 0.818. The highest BCUT2D eigenvalue weighted by Crippen LogP contribution is 2.30. The van der Waals surface area contributed by atoms with Gasteiger partial charge in [0.05, 0.1) is 19.2 Å². The molecule has 1 aromatic carbocycles. The van der Waals surface area contributed by atoms with Crippen LogP contribution in [0.4, 0.5) is 5.82 Å². The predicted octanol–water partition coefficient (Wildman–Crippen LogP) is 2.46. The third kappa shape index (κ3) is 4.41. The zero-order chi connectivity index (χ0) is 21.1. The van der Waals surface area contributed by atoms with E-state index in [4.69, 9.17) is 14.7 Å². The number of hydrogen-bond acceptors (Lipinski definition) is 6. The Morgan fingerprint density at radius 2 is 2.17 bits per heavy atom. The molecule has 4 rings (SSSR count). The Morgan fingerprint density at radius 3 is 2.97 bits per heavy atom. The van der Waals surface area contributed by atoms with Crippen LogP contribution in [0, 0.1) is 0 Å². The fraction of sp³-hybridized carbons (Fsp3) is 0.522. The molecule has 1 saturated heterocycles. The van der Waals surface area contributed by atoms with Crippen molar-refractivity contribution in [1.29, 1.82) is 0 Å². The summed E-state index contributed by atoms with van der Waals surface area (Å²) in [5.74, 6) is 2.93. The highest BCUT2D eigenvalue weighted by molar-refractivity contribution is 5.79. The summed E-state index contributed by atoms with van der Waals surface area (Å²) < 4.78 is 5.28. The maximum atomic E-state index is 13.0. The maximum absolute atomic E-state index is 13.0. The minimum Gasteiger partial charge on any atom is -0.497 e. The number of likely N-dealkylation sites (tertiary alicyclic amines) is 1. The van der Waals surface area contributed by atoms with E-state index in [0.29, 0.717) is 13.0 Å². The number of rotatable bonds is 5. The van der Waals surface area contributed by atoms with Gasteiger partial charge in [0.2, 0.25) is 5.91 Å². The molecule has 0 bridgehead atoms. The van der Waals surface area contributed by atoms with E-state index in [1.165, 1.54) is 5.56 Å². The van der Waals surface area contributed by atoms with Crippen LogP contribution in [0.15, 0.2) is 24.3 Å². The van der Waals surface area contributed by atoms with Crippen molar-refractivity contribution in [3.05, 3.63) is 46.9 Å². The molecule has 2 aromatic rings. The number of nitrogens with one attached hydrogen (secondary N) is 1. The Balaban J connectivity index is 1.49. The van der Waals surface area contributed by atoms with Gasteiger partial charge in [0.1, 0.15) is 17.4 Å².